The van der Waals surface area contributed by atoms with E-state index in [9.17, 15) is 42.3 Å². The molecule has 44 nitrogen and oxygen atoms in total. The second-order valence-electron chi connectivity index (χ2n) is 21.1. The Morgan fingerprint density at radius 3 is 1.16 bits per heavy atom. The summed E-state index contributed by atoms with van der Waals surface area (Å²) in [7, 11) is 0. The molecule has 0 radical (unpaired) electrons. The van der Waals surface area contributed by atoms with Gasteiger partial charge in [-0.1, -0.05) is 6.07 Å². The molecule has 0 aromatic carbocycles. The Kier molecular flexibility index (Phi) is 29.3. The molecule has 0 atom stereocenters. The van der Waals surface area contributed by atoms with Crippen molar-refractivity contribution in [3.05, 3.63) is 273 Å². The number of halogens is 2. The van der Waals surface area contributed by atoms with Crippen molar-refractivity contribution in [3.63, 3.8) is 0 Å². The van der Waals surface area contributed by atoms with E-state index >= 15 is 0 Å². The smallest absolute Gasteiger partial charge is 0.354 e. The van der Waals surface area contributed by atoms with E-state index in [2.05, 4.69) is 136 Å². The molecule has 46 heteroatoms. The second-order valence-corrected chi connectivity index (χ2v) is 21.1. The lowest BCUT2D eigenvalue weighted by Crippen LogP contribution is -2.04. The standard InChI is InChI=1S/C11H10N4O2.2C10H7FN4O2.C10H8N4O2.C9H8N6O2.C9H8N4O2.C8H6N4O2/c1-7-2-3-8(5-12-7)15-10-4-9(11(16)17)13-6-14-10;11-6-1-2-8(12-4-6)15-9-3-7(10(16)17)13-5-14-9;11-7-2-1-3-8(14-7)15-9-4-6(10(16)17)12-5-13-9;15-10(16)8-5-9(13-6-12-8)14-7-1-3-11-4-2-7;10-6-2-8(14-4-12-6)15-7-1-5(9(16)17)11-3-13-7;1-6-3-13(5-12-6)8-2-7(9(14)15)10-4-11-8;13-8(14)6-3-7(11-4-10-6)12-2-1-9-5-12/h2-6H,1H3,(H,16,17)(H,13,14,15);2*1-5H,(H,16,17)(H,12,13,14,15);1-6H,(H,15,16)(H,11,12,13,14);1-4H,(H,16,17)(H3,10,11,12,13,14,15);2-5H,1H3,(H,14,15);1-5H,(H,13,14). The van der Waals surface area contributed by atoms with Crippen LogP contribution < -0.4 is 32.3 Å². The van der Waals surface area contributed by atoms with Crippen molar-refractivity contribution in [2.24, 2.45) is 0 Å². The number of nitrogen functional groups attached to an aromatic ring is 1. The van der Waals surface area contributed by atoms with Crippen molar-refractivity contribution in [1.82, 2.24) is 119 Å². The Labute approximate surface area is 630 Å². The van der Waals surface area contributed by atoms with Crippen LogP contribution in [-0.2, 0) is 0 Å². The molecule has 570 valence electrons. The number of aromatic nitrogens is 24. The topological polar surface area (TPSA) is 641 Å². The van der Waals surface area contributed by atoms with E-state index < -0.39 is 53.6 Å². The third-order valence-corrected chi connectivity index (χ3v) is 13.0. The molecule has 0 bridgehead atoms. The number of aromatic carboxylic acids is 7. The number of carboxylic acid groups (broad SMARTS) is 7. The van der Waals surface area contributed by atoms with Crippen molar-refractivity contribution in [2.45, 2.75) is 13.8 Å². The van der Waals surface area contributed by atoms with Crippen LogP contribution in [-0.4, -0.2) is 196 Å². The molecule has 0 unspecified atom stereocenters. The zero-order valence-electron chi connectivity index (χ0n) is 57.7. The number of hydrogen-bond donors (Lipinski definition) is 13. The average Bonchev–Trinajstić information content (AvgIpc) is 1.72. The largest absolute Gasteiger partial charge is 0.477 e. The number of hydrogen-bond acceptors (Lipinski definition) is 35. The molecule has 0 saturated heterocycles. The van der Waals surface area contributed by atoms with Gasteiger partial charge < -0.3 is 68.1 Å². The van der Waals surface area contributed by atoms with Gasteiger partial charge in [0.1, 0.15) is 133 Å². The number of nitrogens with one attached hydrogen (secondary N) is 5. The maximum atomic E-state index is 12.8. The van der Waals surface area contributed by atoms with Gasteiger partial charge in [-0.25, -0.2) is 138 Å². The first kappa shape index (κ1) is 81.3. The first-order valence-corrected chi connectivity index (χ1v) is 31.2. The number of anilines is 11. The van der Waals surface area contributed by atoms with Gasteiger partial charge in [-0.05, 0) is 62.4 Å². The molecule has 14 N–H and O–H groups in total. The number of carbonyl (C=O) groups is 7. The Morgan fingerprint density at radius 1 is 0.345 bits per heavy atom. The van der Waals surface area contributed by atoms with Crippen molar-refractivity contribution in [1.29, 1.82) is 0 Å². The summed E-state index contributed by atoms with van der Waals surface area (Å²) >= 11 is 0. The summed E-state index contributed by atoms with van der Waals surface area (Å²) in [6.45, 7) is 3.73. The molecule has 14 heterocycles. The number of nitrogens with two attached hydrogens (primary N) is 1. The highest BCUT2D eigenvalue weighted by atomic mass is 19.1. The lowest BCUT2D eigenvalue weighted by Gasteiger charge is -2.05. The zero-order valence-corrected chi connectivity index (χ0v) is 57.7. The van der Waals surface area contributed by atoms with Gasteiger partial charge in [0.05, 0.1) is 23.8 Å². The summed E-state index contributed by atoms with van der Waals surface area (Å²) in [4.78, 5) is 158. The third kappa shape index (κ3) is 27.2. The number of carboxylic acids is 7. The highest BCUT2D eigenvalue weighted by Crippen LogP contribution is 2.19. The number of nitrogens with zero attached hydrogens (tertiary/aromatic N) is 24. The predicted molar refractivity (Wildman–Crippen MR) is 386 cm³/mol. The van der Waals surface area contributed by atoms with Crippen molar-refractivity contribution in [3.8, 4) is 11.6 Å². The molecule has 0 aliphatic rings. The maximum absolute atomic E-state index is 12.8. The summed E-state index contributed by atoms with van der Waals surface area (Å²) < 4.78 is 28.6. The van der Waals surface area contributed by atoms with E-state index in [4.69, 9.17) is 41.5 Å². The molecule has 14 aromatic heterocycles. The molecule has 0 fully saturated rings. The fourth-order valence-electron chi connectivity index (χ4n) is 7.90. The summed E-state index contributed by atoms with van der Waals surface area (Å²) in [5.74, 6) is -4.89. The summed E-state index contributed by atoms with van der Waals surface area (Å²) in [6.07, 6.45) is 23.6. The molecule has 14 rings (SSSR count). The molecule has 113 heavy (non-hydrogen) atoms. The molecule has 14 aromatic rings. The van der Waals surface area contributed by atoms with E-state index in [1.165, 1.54) is 117 Å². The highest BCUT2D eigenvalue weighted by molar-refractivity contribution is 5.89. The Bertz CT molecular complexity index is 5370. The normalized spacial score (nSPS) is 9.95. The van der Waals surface area contributed by atoms with Gasteiger partial charge in [0.2, 0.25) is 5.95 Å². The number of rotatable bonds is 19. The highest BCUT2D eigenvalue weighted by Gasteiger charge is 2.14. The average molecular weight is 1540 g/mol. The number of pyridine rings is 4. The molecule has 0 aliphatic carbocycles. The van der Waals surface area contributed by atoms with E-state index in [-0.39, 0.29) is 57.3 Å². The van der Waals surface area contributed by atoms with Crippen molar-refractivity contribution < 1.29 is 78.1 Å². The predicted octanol–water partition coefficient (Wildman–Crippen LogP) is 7.16. The summed E-state index contributed by atoms with van der Waals surface area (Å²) in [6, 6.07) is 24.8. The minimum absolute atomic E-state index is 0.0358. The first-order chi connectivity index (χ1) is 54.3. The van der Waals surface area contributed by atoms with E-state index in [0.717, 1.165) is 47.9 Å². The Hall–Kier alpha value is -17.4. The minimum Gasteiger partial charge on any atom is -0.477 e. The van der Waals surface area contributed by atoms with Crippen molar-refractivity contribution >= 4 is 106 Å². The third-order valence-electron chi connectivity index (χ3n) is 13.0. The number of imidazole rings is 2. The van der Waals surface area contributed by atoms with Crippen LogP contribution >= 0.6 is 0 Å². The van der Waals surface area contributed by atoms with Crippen LogP contribution in [0.3, 0.4) is 0 Å². The lowest BCUT2D eigenvalue weighted by molar-refractivity contribution is 0.0679. The number of aryl methyl sites for hydroxylation is 2. The van der Waals surface area contributed by atoms with Gasteiger partial charge in [-0.2, -0.15) is 4.39 Å². The van der Waals surface area contributed by atoms with Gasteiger partial charge in [0.15, 0.2) is 39.9 Å². The lowest BCUT2D eigenvalue weighted by atomic mass is 10.3. The quantitative estimate of drug-likeness (QED) is 0.0357. The van der Waals surface area contributed by atoms with Crippen LogP contribution in [0.5, 0.6) is 0 Å². The van der Waals surface area contributed by atoms with Gasteiger partial charge in [0, 0.05) is 90.9 Å². The van der Waals surface area contributed by atoms with Crippen LogP contribution in [0.25, 0.3) is 11.6 Å². The molecule has 0 spiro atoms. The molecule has 0 amide bonds. The maximum Gasteiger partial charge on any atom is 0.354 e. The minimum atomic E-state index is -1.16. The van der Waals surface area contributed by atoms with Crippen LogP contribution in [0.4, 0.5) is 72.5 Å². The SMILES string of the molecule is Cc1ccc(Nc2cc(C(=O)O)ncn2)cn1.Cc1cn(-c2cc(C(=O)O)ncn2)cn1.Nc1cc(Nc2cc(C(=O)O)ncn2)ncn1.O=C(O)c1cc(-n2ccnc2)ncn1.O=C(O)c1cc(Nc2ccc(F)cn2)ncn1.O=C(O)c1cc(Nc2cccc(F)n2)ncn1.O=C(O)c1cc(Nc2ccncc2)ncn1. The Balaban J connectivity index is 0.000000165. The van der Waals surface area contributed by atoms with Gasteiger partial charge >= 0.3 is 41.8 Å². The van der Waals surface area contributed by atoms with Crippen LogP contribution in [0.15, 0.2) is 210 Å². The van der Waals surface area contributed by atoms with Crippen molar-refractivity contribution in [2.75, 3.05) is 32.3 Å². The van der Waals surface area contributed by atoms with E-state index in [0.29, 0.717) is 46.5 Å². The van der Waals surface area contributed by atoms with E-state index in [1.54, 1.807) is 64.8 Å². The summed E-state index contributed by atoms with van der Waals surface area (Å²) in [5.41, 5.74) is 8.17. The summed E-state index contributed by atoms with van der Waals surface area (Å²) in [5, 5.41) is 75.3. The molecule has 0 aliphatic heterocycles. The molecular weight excluding hydrogens is 1490 g/mol. The monoisotopic (exact) mass is 1540 g/mol. The van der Waals surface area contributed by atoms with Crippen LogP contribution in [0.2, 0.25) is 0 Å². The fraction of sp³-hybridized carbons (Fsp3) is 0.0299. The van der Waals surface area contributed by atoms with E-state index in [1.807, 2.05) is 26.0 Å². The van der Waals surface area contributed by atoms with Gasteiger partial charge in [-0.15, -0.1) is 0 Å². The van der Waals surface area contributed by atoms with Gasteiger partial charge in [0.25, 0.3) is 0 Å². The molecule has 0 saturated carbocycles. The van der Waals surface area contributed by atoms with Crippen LogP contribution in [0.1, 0.15) is 84.8 Å². The van der Waals surface area contributed by atoms with Crippen LogP contribution in [0, 0.1) is 25.6 Å². The molecular formula is C67H54F2N30O14. The fourth-order valence-corrected chi connectivity index (χ4v) is 7.90. The second kappa shape index (κ2) is 40.8. The Morgan fingerprint density at radius 2 is 0.761 bits per heavy atom. The van der Waals surface area contributed by atoms with Gasteiger partial charge in [-0.3, -0.25) is 19.1 Å². The first-order valence-electron chi connectivity index (χ1n) is 31.2. The zero-order chi connectivity index (χ0) is 81.2.